The molecule has 2 heterocycles. The van der Waals surface area contributed by atoms with Gasteiger partial charge in [0.15, 0.2) is 0 Å². The summed E-state index contributed by atoms with van der Waals surface area (Å²) >= 11 is 0. The molecule has 0 aliphatic rings. The van der Waals surface area contributed by atoms with Crippen molar-refractivity contribution < 1.29 is 14.2 Å². The normalized spacial score (nSPS) is 10.8. The van der Waals surface area contributed by atoms with Crippen molar-refractivity contribution in [1.82, 2.24) is 15.0 Å². The number of halogens is 1. The number of ether oxygens (including phenoxy) is 1. The number of benzene rings is 2. The van der Waals surface area contributed by atoms with E-state index in [9.17, 15) is 9.50 Å². The lowest BCUT2D eigenvalue weighted by Crippen LogP contribution is -2.16. The molecular weight excluding hydrogens is 359 g/mol. The average molecular weight is 376 g/mol. The Hall–Kier alpha value is -3.74. The van der Waals surface area contributed by atoms with Crippen molar-refractivity contribution in [3.63, 3.8) is 0 Å². The molecular formula is C21H17FN4O2. The number of fused-ring (bicyclic) bond motifs is 1. The first-order valence-electron chi connectivity index (χ1n) is 8.63. The Labute approximate surface area is 160 Å². The first-order chi connectivity index (χ1) is 13.6. The molecule has 0 aliphatic carbocycles. The lowest BCUT2D eigenvalue weighted by atomic mass is 10.2. The summed E-state index contributed by atoms with van der Waals surface area (Å²) in [6.45, 7) is 0.648. The quantitative estimate of drug-likeness (QED) is 0.560. The molecule has 2 aromatic carbocycles. The van der Waals surface area contributed by atoms with Crippen LogP contribution in [0.25, 0.3) is 10.9 Å². The molecule has 0 spiro atoms. The number of anilines is 1. The minimum absolute atomic E-state index is 0.0467. The van der Waals surface area contributed by atoms with Gasteiger partial charge in [0.2, 0.25) is 5.88 Å². The van der Waals surface area contributed by atoms with Gasteiger partial charge in [0.25, 0.3) is 0 Å². The van der Waals surface area contributed by atoms with Crippen molar-refractivity contribution >= 4 is 16.6 Å². The van der Waals surface area contributed by atoms with E-state index in [1.54, 1.807) is 36.5 Å². The zero-order valence-electron chi connectivity index (χ0n) is 15.1. The van der Waals surface area contributed by atoms with Crippen LogP contribution in [0.3, 0.4) is 0 Å². The fourth-order valence-electron chi connectivity index (χ4n) is 2.82. The van der Waals surface area contributed by atoms with Crippen molar-refractivity contribution in [2.24, 2.45) is 0 Å². The van der Waals surface area contributed by atoms with Gasteiger partial charge in [-0.3, -0.25) is 4.98 Å². The zero-order chi connectivity index (χ0) is 19.5. The predicted octanol–water partition coefficient (Wildman–Crippen LogP) is 4.30. The summed E-state index contributed by atoms with van der Waals surface area (Å²) in [6.07, 6.45) is 3.10. The highest BCUT2D eigenvalue weighted by Gasteiger charge is 2.09. The maximum absolute atomic E-state index is 13.0. The highest BCUT2D eigenvalue weighted by atomic mass is 19.1. The van der Waals surface area contributed by atoms with E-state index in [1.165, 1.54) is 18.3 Å². The molecule has 28 heavy (non-hydrogen) atoms. The van der Waals surface area contributed by atoms with Crippen LogP contribution < -0.4 is 9.64 Å². The zero-order valence-corrected chi connectivity index (χ0v) is 15.1. The van der Waals surface area contributed by atoms with Gasteiger partial charge >= 0.3 is 6.01 Å². The van der Waals surface area contributed by atoms with Gasteiger partial charge in [-0.15, -0.1) is 0 Å². The van der Waals surface area contributed by atoms with Crippen LogP contribution in [-0.2, 0) is 6.54 Å². The molecule has 0 unspecified atom stereocenters. The van der Waals surface area contributed by atoms with Gasteiger partial charge < -0.3 is 14.7 Å². The van der Waals surface area contributed by atoms with Crippen LogP contribution in [0.1, 0.15) is 5.56 Å². The molecule has 0 atom stereocenters. The Balaban J connectivity index is 1.48. The van der Waals surface area contributed by atoms with Crippen molar-refractivity contribution in [2.45, 2.75) is 6.54 Å². The van der Waals surface area contributed by atoms with Crippen molar-refractivity contribution in [2.75, 3.05) is 11.9 Å². The second kappa shape index (κ2) is 7.48. The largest absolute Gasteiger partial charge is 0.493 e. The summed E-state index contributed by atoms with van der Waals surface area (Å²) in [6, 6.07) is 15.5. The summed E-state index contributed by atoms with van der Waals surface area (Å²) in [4.78, 5) is 14.3. The number of aromatic hydroxyl groups is 1. The van der Waals surface area contributed by atoms with Crippen LogP contribution >= 0.6 is 0 Å². The molecule has 0 saturated heterocycles. The van der Waals surface area contributed by atoms with Gasteiger partial charge in [-0.1, -0.05) is 12.1 Å². The van der Waals surface area contributed by atoms with Gasteiger partial charge in [0.1, 0.15) is 11.6 Å². The predicted molar refractivity (Wildman–Crippen MR) is 104 cm³/mol. The molecule has 6 nitrogen and oxygen atoms in total. The van der Waals surface area contributed by atoms with Gasteiger partial charge in [-0.05, 0) is 48.0 Å². The van der Waals surface area contributed by atoms with Gasteiger partial charge in [-0.25, -0.2) is 4.39 Å². The summed E-state index contributed by atoms with van der Waals surface area (Å²) in [5.74, 6) is 0.144. The minimum atomic E-state index is -0.245. The molecule has 0 aliphatic heterocycles. The van der Waals surface area contributed by atoms with Crippen LogP contribution in [0.4, 0.5) is 10.1 Å². The molecule has 4 rings (SSSR count). The summed E-state index contributed by atoms with van der Waals surface area (Å²) in [5, 5.41) is 10.5. The number of pyridine rings is 1. The fourth-order valence-corrected chi connectivity index (χ4v) is 2.82. The Bertz CT molecular complexity index is 1100. The SMILES string of the molecule is CN(Cc1ccc(F)cc1)c1ccc(Oc2nc(O)c3ccncc3n2)cc1. The molecule has 7 heteroatoms. The van der Waals surface area contributed by atoms with E-state index in [1.807, 2.05) is 24.1 Å². The molecule has 2 aromatic heterocycles. The highest BCUT2D eigenvalue weighted by Crippen LogP contribution is 2.27. The number of aromatic nitrogens is 3. The van der Waals surface area contributed by atoms with Gasteiger partial charge in [0, 0.05) is 25.5 Å². The summed E-state index contributed by atoms with van der Waals surface area (Å²) in [5.41, 5.74) is 2.49. The Morgan fingerprint density at radius 3 is 2.50 bits per heavy atom. The lowest BCUT2D eigenvalue weighted by Gasteiger charge is -2.19. The lowest BCUT2D eigenvalue weighted by molar-refractivity contribution is 0.412. The van der Waals surface area contributed by atoms with Crippen LogP contribution in [0, 0.1) is 5.82 Å². The third kappa shape index (κ3) is 3.83. The first kappa shape index (κ1) is 17.7. The highest BCUT2D eigenvalue weighted by molar-refractivity contribution is 5.82. The third-order valence-electron chi connectivity index (χ3n) is 4.28. The average Bonchev–Trinajstić information content (AvgIpc) is 2.70. The molecule has 0 saturated carbocycles. The molecule has 0 radical (unpaired) electrons. The molecule has 4 aromatic rings. The minimum Gasteiger partial charge on any atom is -0.493 e. The fraction of sp³-hybridized carbons (Fsp3) is 0.0952. The Kier molecular flexibility index (Phi) is 4.72. The van der Waals surface area contributed by atoms with Crippen molar-refractivity contribution in [1.29, 1.82) is 0 Å². The second-order valence-electron chi connectivity index (χ2n) is 6.30. The van der Waals surface area contributed by atoms with E-state index in [0.717, 1.165) is 11.3 Å². The monoisotopic (exact) mass is 376 g/mol. The van der Waals surface area contributed by atoms with Crippen molar-refractivity contribution in [3.8, 4) is 17.6 Å². The first-order valence-corrected chi connectivity index (χ1v) is 8.63. The van der Waals surface area contributed by atoms with Crippen molar-refractivity contribution in [3.05, 3.63) is 78.4 Å². The standard InChI is InChI=1S/C21H17FN4O2/c1-26(13-14-2-4-15(22)5-3-14)16-6-8-17(9-7-16)28-21-24-19-12-23-11-10-18(19)20(27)25-21/h2-12H,13H2,1H3,(H,24,25,27). The second-order valence-corrected chi connectivity index (χ2v) is 6.30. The number of nitrogens with zero attached hydrogens (tertiary/aromatic N) is 4. The third-order valence-corrected chi connectivity index (χ3v) is 4.28. The van der Waals surface area contributed by atoms with Gasteiger partial charge in [-0.2, -0.15) is 9.97 Å². The van der Waals surface area contributed by atoms with E-state index < -0.39 is 0 Å². The van der Waals surface area contributed by atoms with E-state index >= 15 is 0 Å². The van der Waals surface area contributed by atoms with Crippen LogP contribution in [0.15, 0.2) is 67.0 Å². The molecule has 1 N–H and O–H groups in total. The van der Waals surface area contributed by atoms with E-state index in [0.29, 0.717) is 23.2 Å². The van der Waals surface area contributed by atoms with Gasteiger partial charge in [0.05, 0.1) is 17.1 Å². The summed E-state index contributed by atoms with van der Waals surface area (Å²) < 4.78 is 18.7. The van der Waals surface area contributed by atoms with Crippen LogP contribution in [0.5, 0.6) is 17.6 Å². The number of hydrogen-bond acceptors (Lipinski definition) is 6. The Morgan fingerprint density at radius 2 is 1.75 bits per heavy atom. The smallest absolute Gasteiger partial charge is 0.325 e. The maximum atomic E-state index is 13.0. The maximum Gasteiger partial charge on any atom is 0.325 e. The molecule has 0 amide bonds. The van der Waals surface area contributed by atoms with Crippen LogP contribution in [0.2, 0.25) is 0 Å². The number of rotatable bonds is 5. The molecule has 0 bridgehead atoms. The molecule has 140 valence electrons. The molecule has 0 fully saturated rings. The topological polar surface area (TPSA) is 71.4 Å². The van der Waals surface area contributed by atoms with E-state index in [2.05, 4.69) is 15.0 Å². The van der Waals surface area contributed by atoms with E-state index in [4.69, 9.17) is 4.74 Å². The summed E-state index contributed by atoms with van der Waals surface area (Å²) in [7, 11) is 1.96. The van der Waals surface area contributed by atoms with E-state index in [-0.39, 0.29) is 17.7 Å². The number of hydrogen-bond donors (Lipinski definition) is 1. The van der Waals surface area contributed by atoms with Crippen LogP contribution in [-0.4, -0.2) is 27.1 Å². The Morgan fingerprint density at radius 1 is 1.00 bits per heavy atom.